The number of piperazine rings is 1. The summed E-state index contributed by atoms with van der Waals surface area (Å²) in [6, 6.07) is 16.9. The van der Waals surface area contributed by atoms with Crippen molar-refractivity contribution in [2.75, 3.05) is 26.2 Å². The second kappa shape index (κ2) is 10.2. The van der Waals surface area contributed by atoms with Gasteiger partial charge in [0.05, 0.1) is 6.04 Å². The molecule has 0 amide bonds. The average molecular weight is 498 g/mol. The van der Waals surface area contributed by atoms with E-state index in [0.717, 1.165) is 79.0 Å². The third-order valence-electron chi connectivity index (χ3n) is 8.09. The van der Waals surface area contributed by atoms with Crippen LogP contribution in [0.4, 0.5) is 0 Å². The van der Waals surface area contributed by atoms with Gasteiger partial charge in [-0.2, -0.15) is 0 Å². The Morgan fingerprint density at radius 3 is 2.51 bits per heavy atom. The number of H-pyrrole nitrogens is 1. The van der Waals surface area contributed by atoms with E-state index in [9.17, 15) is 4.79 Å². The molecule has 4 aromatic rings. The standard InChI is InChI=1S/C29H35N7O/c1-20-16-21(2)24-18-25(29(37)30-26(24)17-20)27(28-31-32-33-36(28)23-10-6-7-11-23)35-14-12-34(13-15-35)19-22-8-4-3-5-9-22/h3-5,8-9,16-18,23,27H,6-7,10-15,19H2,1-2H3,(H,30,37)/t27-/m1/s1. The van der Waals surface area contributed by atoms with E-state index in [1.807, 2.05) is 10.7 Å². The second-order valence-electron chi connectivity index (χ2n) is 10.7. The fraction of sp³-hybridized carbons (Fsp3) is 0.448. The number of hydrogen-bond acceptors (Lipinski definition) is 6. The van der Waals surface area contributed by atoms with Gasteiger partial charge in [0.25, 0.3) is 5.56 Å². The van der Waals surface area contributed by atoms with Crippen LogP contribution in [0.15, 0.2) is 53.3 Å². The molecule has 1 saturated carbocycles. The van der Waals surface area contributed by atoms with Gasteiger partial charge in [-0.25, -0.2) is 4.68 Å². The van der Waals surface area contributed by atoms with Gasteiger partial charge in [0.2, 0.25) is 0 Å². The average Bonchev–Trinajstić information content (AvgIpc) is 3.59. The van der Waals surface area contributed by atoms with E-state index >= 15 is 0 Å². The van der Waals surface area contributed by atoms with Crippen molar-refractivity contribution in [1.29, 1.82) is 0 Å². The van der Waals surface area contributed by atoms with Gasteiger partial charge in [0.15, 0.2) is 5.82 Å². The molecule has 8 nitrogen and oxygen atoms in total. The van der Waals surface area contributed by atoms with E-state index in [0.29, 0.717) is 6.04 Å². The molecule has 1 N–H and O–H groups in total. The van der Waals surface area contributed by atoms with Crippen LogP contribution in [0.5, 0.6) is 0 Å². The number of aromatic amines is 1. The molecule has 37 heavy (non-hydrogen) atoms. The number of rotatable bonds is 6. The zero-order valence-electron chi connectivity index (χ0n) is 21.7. The summed E-state index contributed by atoms with van der Waals surface area (Å²) in [5.41, 5.74) is 5.18. The largest absolute Gasteiger partial charge is 0.322 e. The Balaban J connectivity index is 1.37. The number of aromatic nitrogens is 5. The van der Waals surface area contributed by atoms with Crippen LogP contribution in [0.3, 0.4) is 0 Å². The van der Waals surface area contributed by atoms with Gasteiger partial charge in [-0.1, -0.05) is 49.2 Å². The molecule has 8 heteroatoms. The number of nitrogens with zero attached hydrogens (tertiary/aromatic N) is 6. The maximum atomic E-state index is 13.6. The van der Waals surface area contributed by atoms with Crippen molar-refractivity contribution in [1.82, 2.24) is 35.0 Å². The van der Waals surface area contributed by atoms with Crippen LogP contribution in [-0.4, -0.2) is 61.2 Å². The summed E-state index contributed by atoms with van der Waals surface area (Å²) in [7, 11) is 0. The summed E-state index contributed by atoms with van der Waals surface area (Å²) in [5.74, 6) is 0.790. The smallest absolute Gasteiger partial charge is 0.253 e. The summed E-state index contributed by atoms with van der Waals surface area (Å²) < 4.78 is 2.01. The molecule has 192 valence electrons. The number of fused-ring (bicyclic) bond motifs is 1. The Bertz CT molecular complexity index is 1430. The van der Waals surface area contributed by atoms with E-state index in [1.54, 1.807) is 0 Å². The van der Waals surface area contributed by atoms with Crippen molar-refractivity contribution in [3.63, 3.8) is 0 Å². The minimum atomic E-state index is -0.289. The van der Waals surface area contributed by atoms with Crippen molar-refractivity contribution in [3.8, 4) is 0 Å². The van der Waals surface area contributed by atoms with E-state index in [4.69, 9.17) is 0 Å². The molecule has 2 aromatic heterocycles. The van der Waals surface area contributed by atoms with E-state index in [-0.39, 0.29) is 11.6 Å². The predicted molar refractivity (Wildman–Crippen MR) is 144 cm³/mol. The summed E-state index contributed by atoms with van der Waals surface area (Å²) in [6.07, 6.45) is 4.56. The normalized spacial score (nSPS) is 18.5. The number of hydrogen-bond donors (Lipinski definition) is 1. The first-order valence-corrected chi connectivity index (χ1v) is 13.5. The minimum absolute atomic E-state index is 0.0600. The lowest BCUT2D eigenvalue weighted by molar-refractivity contribution is 0.0989. The molecule has 0 spiro atoms. The molecule has 0 unspecified atom stereocenters. The van der Waals surface area contributed by atoms with Crippen LogP contribution in [0.2, 0.25) is 0 Å². The molecule has 2 aromatic carbocycles. The molecule has 2 fully saturated rings. The molecular formula is C29H35N7O. The molecule has 1 aliphatic carbocycles. The van der Waals surface area contributed by atoms with Gasteiger partial charge in [-0.15, -0.1) is 5.10 Å². The summed E-state index contributed by atoms with van der Waals surface area (Å²) in [6.45, 7) is 8.66. The first kappa shape index (κ1) is 24.0. The Hall–Kier alpha value is -3.36. The van der Waals surface area contributed by atoms with Gasteiger partial charge in [0.1, 0.15) is 6.04 Å². The molecule has 1 atom stereocenters. The van der Waals surface area contributed by atoms with Crippen LogP contribution < -0.4 is 5.56 Å². The number of nitrogens with one attached hydrogen (secondary N) is 1. The lowest BCUT2D eigenvalue weighted by atomic mass is 9.99. The maximum absolute atomic E-state index is 13.6. The van der Waals surface area contributed by atoms with Crippen LogP contribution in [0.25, 0.3) is 10.9 Å². The van der Waals surface area contributed by atoms with Gasteiger partial charge in [0, 0.05) is 49.2 Å². The fourth-order valence-corrected chi connectivity index (χ4v) is 6.20. The zero-order chi connectivity index (χ0) is 25.4. The second-order valence-corrected chi connectivity index (χ2v) is 10.7. The fourth-order valence-electron chi connectivity index (χ4n) is 6.20. The van der Waals surface area contributed by atoms with Gasteiger partial charge in [-0.3, -0.25) is 14.6 Å². The van der Waals surface area contributed by atoms with Crippen molar-refractivity contribution in [2.24, 2.45) is 0 Å². The van der Waals surface area contributed by atoms with Gasteiger partial charge in [-0.05, 0) is 65.9 Å². The van der Waals surface area contributed by atoms with Crippen molar-refractivity contribution in [3.05, 3.63) is 87.0 Å². The molecule has 0 radical (unpaired) electrons. The molecule has 1 saturated heterocycles. The van der Waals surface area contributed by atoms with Crippen molar-refractivity contribution < 1.29 is 0 Å². The van der Waals surface area contributed by atoms with Crippen LogP contribution in [-0.2, 0) is 6.54 Å². The highest BCUT2D eigenvalue weighted by Crippen LogP contribution is 2.34. The summed E-state index contributed by atoms with van der Waals surface area (Å²) in [4.78, 5) is 21.7. The van der Waals surface area contributed by atoms with Gasteiger partial charge < -0.3 is 4.98 Å². The highest BCUT2D eigenvalue weighted by atomic mass is 16.1. The van der Waals surface area contributed by atoms with Crippen molar-refractivity contribution in [2.45, 2.75) is 58.2 Å². The van der Waals surface area contributed by atoms with Gasteiger partial charge >= 0.3 is 0 Å². The number of tetrazole rings is 1. The molecule has 1 aliphatic heterocycles. The molecule has 2 aliphatic rings. The zero-order valence-corrected chi connectivity index (χ0v) is 21.7. The van der Waals surface area contributed by atoms with Crippen LogP contribution in [0.1, 0.15) is 65.8 Å². The predicted octanol–water partition coefficient (Wildman–Crippen LogP) is 4.15. The number of aryl methyl sites for hydroxylation is 2. The third kappa shape index (κ3) is 4.83. The topological polar surface area (TPSA) is 82.9 Å². The quantitative estimate of drug-likeness (QED) is 0.431. The number of pyridine rings is 1. The Morgan fingerprint density at radius 2 is 1.76 bits per heavy atom. The summed E-state index contributed by atoms with van der Waals surface area (Å²) >= 11 is 0. The van der Waals surface area contributed by atoms with Crippen LogP contribution >= 0.6 is 0 Å². The first-order valence-electron chi connectivity index (χ1n) is 13.5. The number of benzene rings is 2. The Kier molecular flexibility index (Phi) is 6.61. The third-order valence-corrected chi connectivity index (χ3v) is 8.09. The lowest BCUT2D eigenvalue weighted by Gasteiger charge is -2.39. The lowest BCUT2D eigenvalue weighted by Crippen LogP contribution is -2.48. The maximum Gasteiger partial charge on any atom is 0.253 e. The van der Waals surface area contributed by atoms with Crippen LogP contribution in [0, 0.1) is 13.8 Å². The minimum Gasteiger partial charge on any atom is -0.322 e. The Morgan fingerprint density at radius 1 is 1.00 bits per heavy atom. The van der Waals surface area contributed by atoms with E-state index < -0.39 is 0 Å². The first-order chi connectivity index (χ1) is 18.1. The van der Waals surface area contributed by atoms with Crippen molar-refractivity contribution >= 4 is 10.9 Å². The van der Waals surface area contributed by atoms with E-state index in [2.05, 4.69) is 86.6 Å². The highest BCUT2D eigenvalue weighted by Gasteiger charge is 2.34. The highest BCUT2D eigenvalue weighted by molar-refractivity contribution is 5.83. The SMILES string of the molecule is Cc1cc(C)c2cc([C@H](c3nnnn3C3CCCC3)N3CCN(Cc4ccccc4)CC3)c(=O)[nH]c2c1. The Labute approximate surface area is 217 Å². The summed E-state index contributed by atoms with van der Waals surface area (Å²) in [5, 5.41) is 14.2. The molecular weight excluding hydrogens is 462 g/mol. The molecule has 0 bridgehead atoms. The molecule has 3 heterocycles. The monoisotopic (exact) mass is 497 g/mol. The van der Waals surface area contributed by atoms with E-state index in [1.165, 1.54) is 18.4 Å². The molecule has 6 rings (SSSR count).